The highest BCUT2D eigenvalue weighted by Crippen LogP contribution is 2.37. The highest BCUT2D eigenvalue weighted by atomic mass is 35.5. The maximum absolute atomic E-state index is 12.0. The zero-order valence-electron chi connectivity index (χ0n) is 17.6. The minimum atomic E-state index is -1.13. The van der Waals surface area contributed by atoms with Gasteiger partial charge >= 0.3 is 0 Å². The minimum absolute atomic E-state index is 0.327. The number of ketones is 2. The van der Waals surface area contributed by atoms with E-state index < -0.39 is 23.3 Å². The summed E-state index contributed by atoms with van der Waals surface area (Å²) in [5, 5.41) is 20.1. The SMILES string of the molecule is N[C@@]1(c2ccccc2Cl)CCC[C@@H](O)C1=O.N[C@@]1(c2ccccc2Cl)CCC[C@@H](O)C1=O. The first-order valence-corrected chi connectivity index (χ1v) is 11.4. The standard InChI is InChI=1S/2C12H14ClNO2/c2*13-9-5-2-1-4-8(9)12(14)7-3-6-10(15)11(12)16/h2*1-2,4-5,10,15H,3,6-7,14H2/t2*10-,12-/m11/s1. The predicted octanol–water partition coefficient (Wildman–Crippen LogP) is 3.22. The van der Waals surface area contributed by atoms with Gasteiger partial charge in [0, 0.05) is 10.0 Å². The van der Waals surface area contributed by atoms with Crippen molar-refractivity contribution < 1.29 is 19.8 Å². The summed E-state index contributed by atoms with van der Waals surface area (Å²) < 4.78 is 0. The molecule has 172 valence electrons. The molecule has 8 heteroatoms. The number of hydrogen-bond donors (Lipinski definition) is 4. The Morgan fingerprint density at radius 1 is 0.719 bits per heavy atom. The van der Waals surface area contributed by atoms with Crippen LogP contribution in [0.2, 0.25) is 10.0 Å². The number of aliphatic hydroxyl groups excluding tert-OH is 2. The molecular weight excluding hydrogens is 451 g/mol. The summed E-state index contributed by atoms with van der Waals surface area (Å²) in [5.74, 6) is -0.654. The molecule has 0 unspecified atom stereocenters. The molecule has 2 aromatic carbocycles. The third kappa shape index (κ3) is 4.76. The van der Waals surface area contributed by atoms with E-state index in [4.69, 9.17) is 34.7 Å². The molecule has 0 amide bonds. The van der Waals surface area contributed by atoms with Crippen LogP contribution in [0.3, 0.4) is 0 Å². The summed E-state index contributed by atoms with van der Waals surface area (Å²) in [6, 6.07) is 14.1. The van der Waals surface area contributed by atoms with Crippen molar-refractivity contribution >= 4 is 34.8 Å². The number of benzene rings is 2. The summed E-state index contributed by atoms with van der Waals surface area (Å²) in [4.78, 5) is 23.9. The second-order valence-electron chi connectivity index (χ2n) is 8.45. The molecule has 2 aliphatic carbocycles. The van der Waals surface area contributed by atoms with Crippen molar-refractivity contribution in [3.05, 3.63) is 69.7 Å². The minimum Gasteiger partial charge on any atom is -0.385 e. The number of hydrogen-bond acceptors (Lipinski definition) is 6. The molecule has 4 rings (SSSR count). The van der Waals surface area contributed by atoms with Gasteiger partial charge in [-0.1, -0.05) is 59.6 Å². The summed E-state index contributed by atoms with van der Waals surface area (Å²) in [5.41, 5.74) is 11.2. The van der Waals surface area contributed by atoms with E-state index in [1.807, 2.05) is 0 Å². The van der Waals surface area contributed by atoms with Crippen molar-refractivity contribution in [2.75, 3.05) is 0 Å². The van der Waals surface area contributed by atoms with Gasteiger partial charge in [0.05, 0.1) is 0 Å². The fourth-order valence-corrected chi connectivity index (χ4v) is 5.04. The van der Waals surface area contributed by atoms with Gasteiger partial charge in [0.1, 0.15) is 23.3 Å². The lowest BCUT2D eigenvalue weighted by Crippen LogP contribution is -2.52. The van der Waals surface area contributed by atoms with E-state index >= 15 is 0 Å². The van der Waals surface area contributed by atoms with Gasteiger partial charge in [-0.2, -0.15) is 0 Å². The van der Waals surface area contributed by atoms with E-state index in [1.165, 1.54) is 0 Å². The van der Waals surface area contributed by atoms with Gasteiger partial charge in [0.15, 0.2) is 11.6 Å². The average Bonchev–Trinajstić information content (AvgIpc) is 2.77. The number of nitrogens with two attached hydrogens (primary N) is 2. The van der Waals surface area contributed by atoms with Crippen molar-refractivity contribution in [2.45, 2.75) is 61.8 Å². The number of Topliss-reactive ketones (excluding diaryl/α,β-unsaturated/α-hetero) is 2. The van der Waals surface area contributed by atoms with Crippen molar-refractivity contribution in [1.29, 1.82) is 0 Å². The van der Waals surface area contributed by atoms with Crippen molar-refractivity contribution in [3.8, 4) is 0 Å². The van der Waals surface area contributed by atoms with Gasteiger partial charge < -0.3 is 21.7 Å². The zero-order chi connectivity index (χ0) is 23.5. The molecule has 2 aromatic rings. The van der Waals surface area contributed by atoms with Crippen LogP contribution < -0.4 is 11.5 Å². The first kappa shape index (κ1) is 24.8. The van der Waals surface area contributed by atoms with Crippen LogP contribution in [0.25, 0.3) is 0 Å². The molecule has 32 heavy (non-hydrogen) atoms. The molecule has 6 N–H and O–H groups in total. The molecule has 0 aliphatic heterocycles. The number of aliphatic hydroxyl groups is 2. The number of halogens is 2. The van der Waals surface area contributed by atoms with Crippen LogP contribution in [0.1, 0.15) is 49.7 Å². The Morgan fingerprint density at radius 3 is 1.41 bits per heavy atom. The first-order chi connectivity index (χ1) is 15.1. The maximum Gasteiger partial charge on any atom is 0.185 e. The Bertz CT molecular complexity index is 922. The van der Waals surface area contributed by atoms with Crippen molar-refractivity contribution in [2.24, 2.45) is 11.5 Å². The van der Waals surface area contributed by atoms with Crippen LogP contribution in [0, 0.1) is 0 Å². The van der Waals surface area contributed by atoms with Crippen LogP contribution in [-0.2, 0) is 20.7 Å². The molecular formula is C24H28Cl2N2O4. The van der Waals surface area contributed by atoms with E-state index in [0.29, 0.717) is 46.9 Å². The van der Waals surface area contributed by atoms with E-state index in [0.717, 1.165) is 12.8 Å². The quantitative estimate of drug-likeness (QED) is 0.524. The summed E-state index contributed by atoms with van der Waals surface area (Å²) in [6.45, 7) is 0. The molecule has 0 radical (unpaired) electrons. The van der Waals surface area contributed by atoms with Crippen LogP contribution in [0.4, 0.5) is 0 Å². The van der Waals surface area contributed by atoms with Gasteiger partial charge in [-0.05, 0) is 61.8 Å². The maximum atomic E-state index is 12.0. The van der Waals surface area contributed by atoms with Crippen molar-refractivity contribution in [1.82, 2.24) is 0 Å². The monoisotopic (exact) mass is 478 g/mol. The van der Waals surface area contributed by atoms with Gasteiger partial charge in [-0.25, -0.2) is 0 Å². The van der Waals surface area contributed by atoms with Gasteiger partial charge in [-0.15, -0.1) is 0 Å². The Kier molecular flexibility index (Phi) is 7.76. The molecule has 0 spiro atoms. The summed E-state index contributed by atoms with van der Waals surface area (Å²) in [6.07, 6.45) is 1.58. The Hall–Kier alpha value is -1.80. The molecule has 6 nitrogen and oxygen atoms in total. The smallest absolute Gasteiger partial charge is 0.185 e. The largest absolute Gasteiger partial charge is 0.385 e. The third-order valence-electron chi connectivity index (χ3n) is 6.29. The summed E-state index contributed by atoms with van der Waals surface area (Å²) >= 11 is 12.1. The van der Waals surface area contributed by atoms with E-state index in [1.54, 1.807) is 48.5 Å². The topological polar surface area (TPSA) is 127 Å². The lowest BCUT2D eigenvalue weighted by molar-refractivity contribution is -0.136. The molecule has 4 atom stereocenters. The molecule has 0 saturated heterocycles. The van der Waals surface area contributed by atoms with Gasteiger partial charge in [0.25, 0.3) is 0 Å². The van der Waals surface area contributed by atoms with Crippen LogP contribution in [-0.4, -0.2) is 34.0 Å². The molecule has 2 aliphatic rings. The van der Waals surface area contributed by atoms with E-state index in [-0.39, 0.29) is 11.6 Å². The molecule has 0 heterocycles. The second-order valence-corrected chi connectivity index (χ2v) is 9.26. The number of carbonyl (C=O) groups excluding carboxylic acids is 2. The first-order valence-electron chi connectivity index (χ1n) is 10.6. The Labute approximate surface area is 197 Å². The zero-order valence-corrected chi connectivity index (χ0v) is 19.1. The molecule has 2 fully saturated rings. The Morgan fingerprint density at radius 2 is 1.06 bits per heavy atom. The van der Waals surface area contributed by atoms with Crippen LogP contribution in [0.5, 0.6) is 0 Å². The van der Waals surface area contributed by atoms with Crippen LogP contribution >= 0.6 is 23.2 Å². The lowest BCUT2D eigenvalue weighted by atomic mass is 9.75. The highest BCUT2D eigenvalue weighted by molar-refractivity contribution is 6.32. The number of carbonyl (C=O) groups is 2. The fourth-order valence-electron chi connectivity index (χ4n) is 4.43. The highest BCUT2D eigenvalue weighted by Gasteiger charge is 2.44. The van der Waals surface area contributed by atoms with E-state index in [9.17, 15) is 19.8 Å². The van der Waals surface area contributed by atoms with Gasteiger partial charge in [-0.3, -0.25) is 9.59 Å². The average molecular weight is 479 g/mol. The normalized spacial score (nSPS) is 30.4. The number of rotatable bonds is 2. The second kappa shape index (κ2) is 10.00. The van der Waals surface area contributed by atoms with E-state index in [2.05, 4.69) is 0 Å². The molecule has 0 bridgehead atoms. The lowest BCUT2D eigenvalue weighted by Gasteiger charge is -2.35. The fraction of sp³-hybridized carbons (Fsp3) is 0.417. The summed E-state index contributed by atoms with van der Waals surface area (Å²) in [7, 11) is 0. The van der Waals surface area contributed by atoms with Crippen LogP contribution in [0.15, 0.2) is 48.5 Å². The molecule has 2 saturated carbocycles. The molecule has 0 aromatic heterocycles. The predicted molar refractivity (Wildman–Crippen MR) is 124 cm³/mol. The van der Waals surface area contributed by atoms with Crippen molar-refractivity contribution in [3.63, 3.8) is 0 Å². The van der Waals surface area contributed by atoms with Gasteiger partial charge in [0.2, 0.25) is 0 Å². The third-order valence-corrected chi connectivity index (χ3v) is 6.95. The Balaban J connectivity index is 0.000000181.